The number of benzene rings is 3. The minimum absolute atomic E-state index is 0.0438. The molecular formula is C27H27ClN2O3. The smallest absolute Gasteiger partial charge is 0.313 e. The van der Waals surface area contributed by atoms with E-state index in [-0.39, 0.29) is 17.8 Å². The van der Waals surface area contributed by atoms with Gasteiger partial charge in [-0.3, -0.25) is 9.59 Å². The lowest BCUT2D eigenvalue weighted by molar-refractivity contribution is -0.156. The fourth-order valence-corrected chi connectivity index (χ4v) is 3.88. The zero-order valence-electron chi connectivity index (χ0n) is 19.2. The maximum Gasteiger partial charge on any atom is 0.313 e. The van der Waals surface area contributed by atoms with Gasteiger partial charge in [0.2, 0.25) is 0 Å². The van der Waals surface area contributed by atoms with Crippen molar-refractivity contribution in [3.05, 3.63) is 88.4 Å². The number of carbonyl (C=O) groups is 2. The molecule has 5 nitrogen and oxygen atoms in total. The van der Waals surface area contributed by atoms with Crippen LogP contribution in [0.5, 0.6) is 0 Å². The SMILES string of the molecule is CC(C(=O)OC(C)(C)C)c1ccc(N2Cc3ccc(Nc4ccc(Cl)cc4)cc3C2=O)cc1. The predicted octanol–water partition coefficient (Wildman–Crippen LogP) is 6.69. The van der Waals surface area contributed by atoms with E-state index < -0.39 is 5.60 Å². The Morgan fingerprint density at radius 2 is 1.64 bits per heavy atom. The van der Waals surface area contributed by atoms with Crippen LogP contribution < -0.4 is 10.2 Å². The Hall–Kier alpha value is -3.31. The Morgan fingerprint density at radius 1 is 1.00 bits per heavy atom. The molecule has 1 aliphatic heterocycles. The third-order valence-corrected chi connectivity index (χ3v) is 5.76. The topological polar surface area (TPSA) is 58.6 Å². The van der Waals surface area contributed by atoms with E-state index in [1.165, 1.54) is 0 Å². The summed E-state index contributed by atoms with van der Waals surface area (Å²) in [7, 11) is 0. The molecule has 1 aliphatic rings. The molecule has 1 N–H and O–H groups in total. The van der Waals surface area contributed by atoms with Gasteiger partial charge >= 0.3 is 5.97 Å². The van der Waals surface area contributed by atoms with E-state index in [1.54, 1.807) is 4.90 Å². The van der Waals surface area contributed by atoms with Gasteiger partial charge in [0.25, 0.3) is 5.91 Å². The highest BCUT2D eigenvalue weighted by Crippen LogP contribution is 2.32. The first-order valence-electron chi connectivity index (χ1n) is 10.9. The fourth-order valence-electron chi connectivity index (χ4n) is 3.76. The van der Waals surface area contributed by atoms with Crippen molar-refractivity contribution in [2.75, 3.05) is 10.2 Å². The largest absolute Gasteiger partial charge is 0.460 e. The van der Waals surface area contributed by atoms with Gasteiger partial charge in [0.15, 0.2) is 0 Å². The number of amides is 1. The van der Waals surface area contributed by atoms with Crippen LogP contribution in [0.4, 0.5) is 17.1 Å². The number of carbonyl (C=O) groups excluding carboxylic acids is 2. The highest BCUT2D eigenvalue weighted by Gasteiger charge is 2.29. The van der Waals surface area contributed by atoms with Crippen molar-refractivity contribution in [1.82, 2.24) is 0 Å². The van der Waals surface area contributed by atoms with Gasteiger partial charge in [0, 0.05) is 27.6 Å². The number of ether oxygens (including phenoxy) is 1. The lowest BCUT2D eigenvalue weighted by Gasteiger charge is -2.23. The summed E-state index contributed by atoms with van der Waals surface area (Å²) in [6, 6.07) is 20.8. The number of hydrogen-bond acceptors (Lipinski definition) is 4. The van der Waals surface area contributed by atoms with Crippen LogP contribution in [0.2, 0.25) is 5.02 Å². The molecule has 170 valence electrons. The van der Waals surface area contributed by atoms with Crippen molar-refractivity contribution >= 4 is 40.5 Å². The molecule has 0 aromatic heterocycles. The summed E-state index contributed by atoms with van der Waals surface area (Å²) in [5, 5.41) is 3.98. The number of anilines is 3. The minimum atomic E-state index is -0.527. The third-order valence-electron chi connectivity index (χ3n) is 5.51. The second-order valence-corrected chi connectivity index (χ2v) is 9.68. The van der Waals surface area contributed by atoms with E-state index in [4.69, 9.17) is 16.3 Å². The van der Waals surface area contributed by atoms with Gasteiger partial charge in [-0.2, -0.15) is 0 Å². The lowest BCUT2D eigenvalue weighted by Crippen LogP contribution is -2.27. The van der Waals surface area contributed by atoms with E-state index in [1.807, 2.05) is 94.4 Å². The van der Waals surface area contributed by atoms with Gasteiger partial charge in [-0.25, -0.2) is 0 Å². The molecule has 0 radical (unpaired) electrons. The summed E-state index contributed by atoms with van der Waals surface area (Å²) in [5.74, 6) is -0.690. The van der Waals surface area contributed by atoms with Crippen LogP contribution in [0.1, 0.15) is 55.1 Å². The van der Waals surface area contributed by atoms with E-state index >= 15 is 0 Å². The zero-order chi connectivity index (χ0) is 23.8. The van der Waals surface area contributed by atoms with E-state index in [0.717, 1.165) is 28.2 Å². The summed E-state index contributed by atoms with van der Waals surface area (Å²) in [4.78, 5) is 27.3. The zero-order valence-corrected chi connectivity index (χ0v) is 19.9. The number of hydrogen-bond donors (Lipinski definition) is 1. The van der Waals surface area contributed by atoms with Gasteiger partial charge in [0.05, 0.1) is 12.5 Å². The fraction of sp³-hybridized carbons (Fsp3) is 0.259. The molecule has 1 atom stereocenters. The molecule has 33 heavy (non-hydrogen) atoms. The molecule has 0 fully saturated rings. The highest BCUT2D eigenvalue weighted by molar-refractivity contribution is 6.30. The number of rotatable bonds is 5. The van der Waals surface area contributed by atoms with Gasteiger partial charge in [-0.15, -0.1) is 0 Å². The normalized spacial score (nSPS) is 14.1. The van der Waals surface area contributed by atoms with Gasteiger partial charge < -0.3 is 15.0 Å². The van der Waals surface area contributed by atoms with Crippen molar-refractivity contribution in [2.24, 2.45) is 0 Å². The first-order valence-corrected chi connectivity index (χ1v) is 11.3. The standard InChI is InChI=1S/C27H27ClN2O3/c1-17(26(32)33-27(2,3)4)18-6-13-23(14-7-18)30-16-19-5-10-22(15-24(19)25(30)31)29-21-11-8-20(28)9-12-21/h5-15,17,29H,16H2,1-4H3. The molecule has 6 heteroatoms. The number of nitrogens with one attached hydrogen (secondary N) is 1. The van der Waals surface area contributed by atoms with Crippen LogP contribution in [0.15, 0.2) is 66.7 Å². The number of esters is 1. The summed E-state index contributed by atoms with van der Waals surface area (Å²) in [5.41, 5.74) is 4.52. The van der Waals surface area contributed by atoms with Crippen molar-refractivity contribution in [3.8, 4) is 0 Å². The second-order valence-electron chi connectivity index (χ2n) is 9.24. The summed E-state index contributed by atoms with van der Waals surface area (Å²) in [6.07, 6.45) is 0. The van der Waals surface area contributed by atoms with Crippen LogP contribution in [0, 0.1) is 0 Å². The van der Waals surface area contributed by atoms with Gasteiger partial charge in [0.1, 0.15) is 5.60 Å². The molecule has 0 saturated carbocycles. The highest BCUT2D eigenvalue weighted by atomic mass is 35.5. The molecule has 1 heterocycles. The summed E-state index contributed by atoms with van der Waals surface area (Å²) >= 11 is 5.95. The van der Waals surface area contributed by atoms with Crippen LogP contribution in [-0.4, -0.2) is 17.5 Å². The van der Waals surface area contributed by atoms with Crippen molar-refractivity contribution in [3.63, 3.8) is 0 Å². The lowest BCUT2D eigenvalue weighted by atomic mass is 10.0. The summed E-state index contributed by atoms with van der Waals surface area (Å²) < 4.78 is 5.49. The number of fused-ring (bicyclic) bond motifs is 1. The molecule has 0 aliphatic carbocycles. The monoisotopic (exact) mass is 462 g/mol. The van der Waals surface area contributed by atoms with Crippen molar-refractivity contribution < 1.29 is 14.3 Å². The number of nitrogens with zero attached hydrogens (tertiary/aromatic N) is 1. The quantitative estimate of drug-likeness (QED) is 0.429. The molecule has 1 amide bonds. The average Bonchev–Trinajstić information content (AvgIpc) is 3.10. The molecule has 4 rings (SSSR count). The van der Waals surface area contributed by atoms with Crippen LogP contribution in [0.3, 0.4) is 0 Å². The molecule has 3 aromatic carbocycles. The Labute approximate surface area is 199 Å². The minimum Gasteiger partial charge on any atom is -0.460 e. The first-order chi connectivity index (χ1) is 15.6. The maximum absolute atomic E-state index is 13.1. The van der Waals surface area contributed by atoms with Crippen LogP contribution >= 0.6 is 11.6 Å². The molecule has 0 bridgehead atoms. The van der Waals surface area contributed by atoms with Gasteiger partial charge in [-0.1, -0.05) is 29.8 Å². The summed E-state index contributed by atoms with van der Waals surface area (Å²) in [6.45, 7) is 7.90. The third kappa shape index (κ3) is 5.20. The molecule has 1 unspecified atom stereocenters. The Balaban J connectivity index is 1.48. The Morgan fingerprint density at radius 3 is 2.27 bits per heavy atom. The molecule has 0 saturated heterocycles. The molecular weight excluding hydrogens is 436 g/mol. The van der Waals surface area contributed by atoms with E-state index in [0.29, 0.717) is 17.1 Å². The molecule has 0 spiro atoms. The first kappa shape index (κ1) is 22.9. The van der Waals surface area contributed by atoms with Crippen molar-refractivity contribution in [2.45, 2.75) is 45.8 Å². The maximum atomic E-state index is 13.1. The van der Waals surface area contributed by atoms with E-state index in [9.17, 15) is 9.59 Å². The average molecular weight is 463 g/mol. The van der Waals surface area contributed by atoms with Gasteiger partial charge in [-0.05, 0) is 87.4 Å². The van der Waals surface area contributed by atoms with E-state index in [2.05, 4.69) is 5.32 Å². The second kappa shape index (κ2) is 8.91. The van der Waals surface area contributed by atoms with Crippen molar-refractivity contribution in [1.29, 1.82) is 0 Å². The van der Waals surface area contributed by atoms with Crippen LogP contribution in [-0.2, 0) is 16.1 Å². The number of halogens is 1. The Bertz CT molecular complexity index is 1180. The molecule has 3 aromatic rings. The predicted molar refractivity (Wildman–Crippen MR) is 132 cm³/mol. The van der Waals surface area contributed by atoms with Crippen LogP contribution in [0.25, 0.3) is 0 Å². The Kier molecular flexibility index (Phi) is 6.17.